The molecule has 4 N–H and O–H groups in total. The highest BCUT2D eigenvalue weighted by molar-refractivity contribution is 5.64. The van der Waals surface area contributed by atoms with E-state index in [0.29, 0.717) is 24.4 Å². The number of anilines is 2. The fraction of sp³-hybridized carbons (Fsp3) is 0.375. The van der Waals surface area contributed by atoms with Crippen molar-refractivity contribution in [2.24, 2.45) is 0 Å². The third-order valence-electron chi connectivity index (χ3n) is 1.65. The Morgan fingerprint density at radius 3 is 2.92 bits per heavy atom. The average Bonchev–Trinajstić information content (AvgIpc) is 2.08. The molecule has 0 aliphatic heterocycles. The third-order valence-corrected chi connectivity index (χ3v) is 1.65. The van der Waals surface area contributed by atoms with Gasteiger partial charge in [-0.3, -0.25) is 4.98 Å². The second kappa shape index (κ2) is 3.92. The minimum absolute atomic E-state index is 0.564. The zero-order valence-electron chi connectivity index (χ0n) is 7.08. The first kappa shape index (κ1) is 8.80. The summed E-state index contributed by atoms with van der Waals surface area (Å²) in [5.74, 6) is 0. The fourth-order valence-corrected chi connectivity index (χ4v) is 0.931. The molecule has 0 radical (unpaired) electrons. The summed E-state index contributed by atoms with van der Waals surface area (Å²) in [5.41, 5.74) is 13.2. The zero-order chi connectivity index (χ0) is 8.97. The maximum absolute atomic E-state index is 5.68. The fourth-order valence-electron chi connectivity index (χ4n) is 0.931. The van der Waals surface area contributed by atoms with E-state index >= 15 is 0 Å². The lowest BCUT2D eigenvalue weighted by molar-refractivity contribution is 0.201. The van der Waals surface area contributed by atoms with Crippen molar-refractivity contribution < 1.29 is 4.74 Å². The molecule has 0 aliphatic rings. The van der Waals surface area contributed by atoms with Crippen LogP contribution in [0.4, 0.5) is 11.4 Å². The van der Waals surface area contributed by atoms with Crippen LogP contribution in [0.25, 0.3) is 0 Å². The van der Waals surface area contributed by atoms with E-state index in [-0.39, 0.29) is 0 Å². The van der Waals surface area contributed by atoms with Gasteiger partial charge in [0.1, 0.15) is 0 Å². The molecule has 4 heteroatoms. The molecule has 0 fully saturated rings. The number of hydrogen-bond acceptors (Lipinski definition) is 4. The number of ether oxygens (including phenoxy) is 1. The Morgan fingerprint density at radius 2 is 2.25 bits per heavy atom. The minimum atomic E-state index is 0.564. The number of pyridine rings is 1. The van der Waals surface area contributed by atoms with Gasteiger partial charge in [-0.2, -0.15) is 0 Å². The predicted octanol–water partition coefficient (Wildman–Crippen LogP) is 0.435. The van der Waals surface area contributed by atoms with E-state index < -0.39 is 0 Å². The van der Waals surface area contributed by atoms with Crippen molar-refractivity contribution in [3.8, 4) is 0 Å². The topological polar surface area (TPSA) is 74.2 Å². The molecular weight excluding hydrogens is 154 g/mol. The van der Waals surface area contributed by atoms with Gasteiger partial charge in [0.15, 0.2) is 0 Å². The molecule has 0 spiro atoms. The molecule has 0 saturated heterocycles. The van der Waals surface area contributed by atoms with Gasteiger partial charge in [0, 0.05) is 19.7 Å². The quantitative estimate of drug-likeness (QED) is 0.684. The van der Waals surface area contributed by atoms with E-state index in [1.54, 1.807) is 19.4 Å². The van der Waals surface area contributed by atoms with E-state index in [9.17, 15) is 0 Å². The lowest BCUT2D eigenvalue weighted by atomic mass is 10.2. The van der Waals surface area contributed by atoms with E-state index in [1.807, 2.05) is 0 Å². The smallest absolute Gasteiger partial charge is 0.0767 e. The van der Waals surface area contributed by atoms with Crippen LogP contribution in [0, 0.1) is 0 Å². The molecule has 0 aromatic carbocycles. The first-order valence-electron chi connectivity index (χ1n) is 3.73. The van der Waals surface area contributed by atoms with Gasteiger partial charge in [0.25, 0.3) is 0 Å². The summed E-state index contributed by atoms with van der Waals surface area (Å²) in [4.78, 5) is 4.09. The van der Waals surface area contributed by atoms with Crippen LogP contribution in [-0.4, -0.2) is 18.7 Å². The second-order valence-corrected chi connectivity index (χ2v) is 2.50. The third kappa shape index (κ3) is 1.85. The molecule has 0 saturated carbocycles. The number of hydrogen-bond donors (Lipinski definition) is 2. The van der Waals surface area contributed by atoms with Gasteiger partial charge in [-0.1, -0.05) is 0 Å². The molecule has 1 rings (SSSR count). The summed E-state index contributed by atoms with van der Waals surface area (Å²) in [6.07, 6.45) is 2.35. The molecule has 12 heavy (non-hydrogen) atoms. The molecule has 1 aromatic rings. The van der Waals surface area contributed by atoms with Gasteiger partial charge in [-0.05, 0) is 6.07 Å². The van der Waals surface area contributed by atoms with E-state index in [0.717, 1.165) is 5.69 Å². The number of nitrogen functional groups attached to an aromatic ring is 2. The van der Waals surface area contributed by atoms with Crippen LogP contribution in [0.1, 0.15) is 5.69 Å². The van der Waals surface area contributed by atoms with Gasteiger partial charge < -0.3 is 16.2 Å². The first-order chi connectivity index (χ1) is 5.75. The Balaban J connectivity index is 2.78. The van der Waals surface area contributed by atoms with Gasteiger partial charge in [-0.15, -0.1) is 0 Å². The molecule has 0 atom stereocenters. The second-order valence-electron chi connectivity index (χ2n) is 2.50. The Hall–Kier alpha value is -1.29. The van der Waals surface area contributed by atoms with Crippen LogP contribution in [-0.2, 0) is 11.2 Å². The lowest BCUT2D eigenvalue weighted by Gasteiger charge is -2.05. The van der Waals surface area contributed by atoms with Crippen molar-refractivity contribution in [2.75, 3.05) is 25.2 Å². The number of nitrogens with two attached hydrogens (primary N) is 2. The van der Waals surface area contributed by atoms with Crippen molar-refractivity contribution in [2.45, 2.75) is 6.42 Å². The first-order valence-corrected chi connectivity index (χ1v) is 3.73. The van der Waals surface area contributed by atoms with Crippen LogP contribution in [0.2, 0.25) is 0 Å². The van der Waals surface area contributed by atoms with E-state index in [1.165, 1.54) is 0 Å². The summed E-state index contributed by atoms with van der Waals surface area (Å²) >= 11 is 0. The van der Waals surface area contributed by atoms with Crippen molar-refractivity contribution in [3.05, 3.63) is 18.0 Å². The molecule has 0 amide bonds. The average molecular weight is 167 g/mol. The summed E-state index contributed by atoms with van der Waals surface area (Å²) < 4.78 is 4.90. The van der Waals surface area contributed by atoms with Gasteiger partial charge in [-0.25, -0.2) is 0 Å². The van der Waals surface area contributed by atoms with Gasteiger partial charge >= 0.3 is 0 Å². The predicted molar refractivity (Wildman–Crippen MR) is 48.6 cm³/mol. The number of aromatic nitrogens is 1. The maximum Gasteiger partial charge on any atom is 0.0767 e. The zero-order valence-corrected chi connectivity index (χ0v) is 7.08. The molecule has 1 aromatic heterocycles. The monoisotopic (exact) mass is 167 g/mol. The molecule has 0 unspecified atom stereocenters. The summed E-state index contributed by atoms with van der Waals surface area (Å²) in [6, 6.07) is 1.69. The standard InChI is InChI=1S/C8H13N3O/c1-12-5-3-7-8(10)6(9)2-4-11-7/h2,4H,3,5,10H2,1H3,(H2,9,11). The van der Waals surface area contributed by atoms with Crippen molar-refractivity contribution >= 4 is 11.4 Å². The highest BCUT2D eigenvalue weighted by Crippen LogP contribution is 2.16. The minimum Gasteiger partial charge on any atom is -0.397 e. The van der Waals surface area contributed by atoms with Gasteiger partial charge in [0.2, 0.25) is 0 Å². The summed E-state index contributed by atoms with van der Waals surface area (Å²) in [7, 11) is 1.64. The van der Waals surface area contributed by atoms with Gasteiger partial charge in [0.05, 0.1) is 23.7 Å². The molecule has 0 bridgehead atoms. The number of nitrogens with zero attached hydrogens (tertiary/aromatic N) is 1. The van der Waals surface area contributed by atoms with Crippen LogP contribution < -0.4 is 11.5 Å². The molecule has 1 heterocycles. The van der Waals surface area contributed by atoms with Crippen molar-refractivity contribution in [1.82, 2.24) is 4.98 Å². The lowest BCUT2D eigenvalue weighted by Crippen LogP contribution is -2.04. The Kier molecular flexibility index (Phi) is 2.88. The summed E-state index contributed by atoms with van der Waals surface area (Å²) in [5, 5.41) is 0. The highest BCUT2D eigenvalue weighted by atomic mass is 16.5. The van der Waals surface area contributed by atoms with Crippen LogP contribution in [0.5, 0.6) is 0 Å². The van der Waals surface area contributed by atoms with Crippen LogP contribution in [0.15, 0.2) is 12.3 Å². The molecular formula is C8H13N3O. The largest absolute Gasteiger partial charge is 0.397 e. The van der Waals surface area contributed by atoms with Crippen molar-refractivity contribution in [3.63, 3.8) is 0 Å². The molecule has 4 nitrogen and oxygen atoms in total. The Labute approximate surface area is 71.5 Å². The van der Waals surface area contributed by atoms with Crippen molar-refractivity contribution in [1.29, 1.82) is 0 Å². The van der Waals surface area contributed by atoms with E-state index in [2.05, 4.69) is 4.98 Å². The van der Waals surface area contributed by atoms with E-state index in [4.69, 9.17) is 16.2 Å². The molecule has 0 aliphatic carbocycles. The number of methoxy groups -OCH3 is 1. The Morgan fingerprint density at radius 1 is 1.50 bits per heavy atom. The van der Waals surface area contributed by atoms with Crippen LogP contribution >= 0.6 is 0 Å². The summed E-state index contributed by atoms with van der Waals surface area (Å²) in [6.45, 7) is 0.612. The maximum atomic E-state index is 5.68. The normalized spacial score (nSPS) is 10.1. The number of rotatable bonds is 3. The highest BCUT2D eigenvalue weighted by Gasteiger charge is 2.02. The Bertz CT molecular complexity index is 262. The molecule has 66 valence electrons. The van der Waals surface area contributed by atoms with Crippen LogP contribution in [0.3, 0.4) is 0 Å². The SMILES string of the molecule is COCCc1nccc(N)c1N.